The van der Waals surface area contributed by atoms with E-state index in [-0.39, 0.29) is 0 Å². The van der Waals surface area contributed by atoms with E-state index in [1.165, 1.54) is 18.5 Å². The van der Waals surface area contributed by atoms with Crippen molar-refractivity contribution in [1.82, 2.24) is 10.2 Å². The largest absolute Gasteiger partial charge is 0.385 e. The molecule has 2 rings (SSSR count). The normalized spacial score (nSPS) is 23.9. The fraction of sp³-hybridized carbons (Fsp3) is 0.647. The molecule has 1 N–H and O–H groups in total. The van der Waals surface area contributed by atoms with Crippen LogP contribution in [0.4, 0.5) is 0 Å². The second-order valence-electron chi connectivity index (χ2n) is 5.85. The summed E-state index contributed by atoms with van der Waals surface area (Å²) in [6.07, 6.45) is 3.53. The second kappa shape index (κ2) is 8.40. The van der Waals surface area contributed by atoms with E-state index in [1.807, 2.05) is 0 Å². The van der Waals surface area contributed by atoms with Gasteiger partial charge in [0, 0.05) is 38.9 Å². The van der Waals surface area contributed by atoms with Crippen molar-refractivity contribution in [2.75, 3.05) is 33.4 Å². The third-order valence-corrected chi connectivity index (χ3v) is 4.08. The number of piperazine rings is 1. The Morgan fingerprint density at radius 1 is 1.25 bits per heavy atom. The maximum absolute atomic E-state index is 5.14. The van der Waals surface area contributed by atoms with Gasteiger partial charge in [-0.05, 0) is 38.3 Å². The van der Waals surface area contributed by atoms with Crippen molar-refractivity contribution < 1.29 is 4.74 Å². The van der Waals surface area contributed by atoms with Crippen molar-refractivity contribution in [2.24, 2.45) is 0 Å². The van der Waals surface area contributed by atoms with Crippen LogP contribution < -0.4 is 5.32 Å². The standard InChI is InChI=1S/C17H28N2O/c1-15-14-19(10-6-7-11-20-2)17(13-18-15)12-16-8-4-3-5-9-16/h3-5,8-9,15,17-18H,6-7,10-14H2,1-2H3. The molecule has 3 heteroatoms. The van der Waals surface area contributed by atoms with Crippen LogP contribution in [-0.4, -0.2) is 50.3 Å². The Bertz CT molecular complexity index is 369. The number of nitrogens with one attached hydrogen (secondary N) is 1. The van der Waals surface area contributed by atoms with Crippen molar-refractivity contribution in [2.45, 2.75) is 38.3 Å². The average molecular weight is 276 g/mol. The fourth-order valence-corrected chi connectivity index (χ4v) is 2.95. The van der Waals surface area contributed by atoms with Gasteiger partial charge in [-0.2, -0.15) is 0 Å². The molecule has 0 radical (unpaired) electrons. The summed E-state index contributed by atoms with van der Waals surface area (Å²) in [5, 5.41) is 3.62. The summed E-state index contributed by atoms with van der Waals surface area (Å²) in [5.74, 6) is 0. The molecule has 112 valence electrons. The Labute approximate surface area is 123 Å². The number of methoxy groups -OCH3 is 1. The Morgan fingerprint density at radius 3 is 2.80 bits per heavy atom. The molecule has 1 heterocycles. The van der Waals surface area contributed by atoms with Crippen LogP contribution in [0, 0.1) is 0 Å². The number of hydrogen-bond donors (Lipinski definition) is 1. The lowest BCUT2D eigenvalue weighted by Crippen LogP contribution is -2.56. The van der Waals surface area contributed by atoms with E-state index in [4.69, 9.17) is 4.74 Å². The topological polar surface area (TPSA) is 24.5 Å². The van der Waals surface area contributed by atoms with E-state index in [1.54, 1.807) is 7.11 Å². The summed E-state index contributed by atoms with van der Waals surface area (Å²) in [6, 6.07) is 12.1. The summed E-state index contributed by atoms with van der Waals surface area (Å²) in [6.45, 7) is 6.60. The van der Waals surface area contributed by atoms with Crippen molar-refractivity contribution in [1.29, 1.82) is 0 Å². The van der Waals surface area contributed by atoms with Gasteiger partial charge in [-0.25, -0.2) is 0 Å². The molecule has 1 saturated heterocycles. The summed E-state index contributed by atoms with van der Waals surface area (Å²) in [5.41, 5.74) is 1.44. The van der Waals surface area contributed by atoms with Gasteiger partial charge >= 0.3 is 0 Å². The summed E-state index contributed by atoms with van der Waals surface area (Å²) in [4.78, 5) is 2.66. The molecule has 1 aromatic rings. The van der Waals surface area contributed by atoms with Crippen LogP contribution in [-0.2, 0) is 11.2 Å². The van der Waals surface area contributed by atoms with E-state index in [9.17, 15) is 0 Å². The van der Waals surface area contributed by atoms with Crippen LogP contribution in [0.5, 0.6) is 0 Å². The molecule has 0 bridgehead atoms. The molecule has 1 aromatic carbocycles. The van der Waals surface area contributed by atoms with E-state index in [0.717, 1.165) is 32.5 Å². The Balaban J connectivity index is 1.86. The lowest BCUT2D eigenvalue weighted by atomic mass is 10.0. The summed E-state index contributed by atoms with van der Waals surface area (Å²) in [7, 11) is 1.78. The van der Waals surface area contributed by atoms with Crippen LogP contribution in [0.15, 0.2) is 30.3 Å². The molecule has 1 aliphatic heterocycles. The number of rotatable bonds is 7. The third-order valence-electron chi connectivity index (χ3n) is 4.08. The van der Waals surface area contributed by atoms with Crippen LogP contribution in [0.3, 0.4) is 0 Å². The Hall–Kier alpha value is -0.900. The van der Waals surface area contributed by atoms with Gasteiger partial charge in [-0.3, -0.25) is 4.90 Å². The molecule has 20 heavy (non-hydrogen) atoms. The highest BCUT2D eigenvalue weighted by Crippen LogP contribution is 2.14. The lowest BCUT2D eigenvalue weighted by molar-refractivity contribution is 0.125. The molecule has 2 unspecified atom stereocenters. The van der Waals surface area contributed by atoms with E-state index in [0.29, 0.717) is 12.1 Å². The number of ether oxygens (including phenoxy) is 1. The van der Waals surface area contributed by atoms with Crippen molar-refractivity contribution in [3.05, 3.63) is 35.9 Å². The average Bonchev–Trinajstić information content (AvgIpc) is 2.47. The van der Waals surface area contributed by atoms with Crippen LogP contribution in [0.1, 0.15) is 25.3 Å². The first-order valence-electron chi connectivity index (χ1n) is 7.80. The van der Waals surface area contributed by atoms with E-state index >= 15 is 0 Å². The molecule has 0 aromatic heterocycles. The molecule has 0 amide bonds. The van der Waals surface area contributed by atoms with Gasteiger partial charge < -0.3 is 10.1 Å². The lowest BCUT2D eigenvalue weighted by Gasteiger charge is -2.39. The molecule has 0 saturated carbocycles. The van der Waals surface area contributed by atoms with E-state index < -0.39 is 0 Å². The molecule has 0 aliphatic carbocycles. The van der Waals surface area contributed by atoms with Gasteiger partial charge in [0.25, 0.3) is 0 Å². The highest BCUT2D eigenvalue weighted by Gasteiger charge is 2.25. The number of nitrogens with zero attached hydrogens (tertiary/aromatic N) is 1. The smallest absolute Gasteiger partial charge is 0.0462 e. The Morgan fingerprint density at radius 2 is 2.05 bits per heavy atom. The fourth-order valence-electron chi connectivity index (χ4n) is 2.95. The van der Waals surface area contributed by atoms with Gasteiger partial charge in [0.1, 0.15) is 0 Å². The quantitative estimate of drug-likeness (QED) is 0.774. The van der Waals surface area contributed by atoms with Crippen molar-refractivity contribution >= 4 is 0 Å². The monoisotopic (exact) mass is 276 g/mol. The number of hydrogen-bond acceptors (Lipinski definition) is 3. The molecular weight excluding hydrogens is 248 g/mol. The minimum absolute atomic E-state index is 0.601. The Kier molecular flexibility index (Phi) is 6.51. The second-order valence-corrected chi connectivity index (χ2v) is 5.85. The van der Waals surface area contributed by atoms with Gasteiger partial charge in [0.15, 0.2) is 0 Å². The predicted molar refractivity (Wildman–Crippen MR) is 84.1 cm³/mol. The molecule has 2 atom stereocenters. The zero-order valence-corrected chi connectivity index (χ0v) is 12.8. The van der Waals surface area contributed by atoms with Crippen molar-refractivity contribution in [3.63, 3.8) is 0 Å². The highest BCUT2D eigenvalue weighted by molar-refractivity contribution is 5.16. The first kappa shape index (κ1) is 15.5. The molecule has 3 nitrogen and oxygen atoms in total. The minimum atomic E-state index is 0.601. The van der Waals surface area contributed by atoms with Crippen LogP contribution in [0.2, 0.25) is 0 Å². The first-order valence-corrected chi connectivity index (χ1v) is 7.80. The third kappa shape index (κ3) is 4.89. The molecular formula is C17H28N2O. The van der Waals surface area contributed by atoms with Gasteiger partial charge in [0.05, 0.1) is 0 Å². The van der Waals surface area contributed by atoms with Gasteiger partial charge in [-0.1, -0.05) is 30.3 Å². The molecule has 1 fully saturated rings. The van der Waals surface area contributed by atoms with Gasteiger partial charge in [0.2, 0.25) is 0 Å². The highest BCUT2D eigenvalue weighted by atomic mass is 16.5. The van der Waals surface area contributed by atoms with Gasteiger partial charge in [-0.15, -0.1) is 0 Å². The summed E-state index contributed by atoms with van der Waals surface area (Å²) < 4.78 is 5.14. The number of benzene rings is 1. The van der Waals surface area contributed by atoms with E-state index in [2.05, 4.69) is 47.5 Å². The summed E-state index contributed by atoms with van der Waals surface area (Å²) >= 11 is 0. The zero-order chi connectivity index (χ0) is 14.2. The van der Waals surface area contributed by atoms with Crippen LogP contribution >= 0.6 is 0 Å². The SMILES string of the molecule is COCCCCN1CC(C)NCC1Cc1ccccc1. The maximum atomic E-state index is 5.14. The minimum Gasteiger partial charge on any atom is -0.385 e. The number of unbranched alkanes of at least 4 members (excludes halogenated alkanes) is 1. The molecule has 0 spiro atoms. The zero-order valence-electron chi connectivity index (χ0n) is 12.8. The first-order chi connectivity index (χ1) is 9.79. The van der Waals surface area contributed by atoms with Crippen molar-refractivity contribution in [3.8, 4) is 0 Å². The predicted octanol–water partition coefficient (Wildman–Crippen LogP) is 2.32. The molecule has 1 aliphatic rings. The van der Waals surface area contributed by atoms with Crippen LogP contribution in [0.25, 0.3) is 0 Å². The maximum Gasteiger partial charge on any atom is 0.0462 e.